The molecular weight excluding hydrogens is 168 g/mol. The lowest BCUT2D eigenvalue weighted by molar-refractivity contribution is -0.148. The standard InChI is InChI=1S/C7H11F2NO2/c8-7(9,3-6(11)12)5-1-2-10-4-5/h5,10H,1-4H2,(H,11,12). The highest BCUT2D eigenvalue weighted by atomic mass is 19.3. The van der Waals surface area contributed by atoms with E-state index in [-0.39, 0.29) is 6.54 Å². The average Bonchev–Trinajstić information content (AvgIpc) is 2.32. The number of carbonyl (C=O) groups is 1. The Balaban J connectivity index is 2.50. The highest BCUT2D eigenvalue weighted by Crippen LogP contribution is 2.32. The molecule has 0 aromatic rings. The first-order chi connectivity index (χ1) is 5.52. The normalized spacial score (nSPS) is 24.3. The van der Waals surface area contributed by atoms with E-state index in [1.165, 1.54) is 0 Å². The fourth-order valence-electron chi connectivity index (χ4n) is 1.36. The molecule has 1 aliphatic rings. The van der Waals surface area contributed by atoms with E-state index in [1.807, 2.05) is 0 Å². The van der Waals surface area contributed by atoms with Crippen molar-refractivity contribution in [1.82, 2.24) is 5.32 Å². The maximum Gasteiger partial charge on any atom is 0.309 e. The number of alkyl halides is 2. The van der Waals surface area contributed by atoms with Gasteiger partial charge in [0, 0.05) is 12.5 Å². The van der Waals surface area contributed by atoms with Crippen LogP contribution in [0.2, 0.25) is 0 Å². The lowest BCUT2D eigenvalue weighted by Crippen LogP contribution is -2.32. The summed E-state index contributed by atoms with van der Waals surface area (Å²) in [5.41, 5.74) is 0. The molecule has 0 aromatic heterocycles. The second kappa shape index (κ2) is 3.35. The maximum absolute atomic E-state index is 13.0. The molecule has 2 N–H and O–H groups in total. The van der Waals surface area contributed by atoms with Crippen molar-refractivity contribution in [3.63, 3.8) is 0 Å². The van der Waals surface area contributed by atoms with E-state index in [2.05, 4.69) is 5.32 Å². The SMILES string of the molecule is O=C(O)CC(F)(F)C1CCNC1. The molecule has 1 heterocycles. The quantitative estimate of drug-likeness (QED) is 0.670. The van der Waals surface area contributed by atoms with Crippen molar-refractivity contribution >= 4 is 5.97 Å². The van der Waals surface area contributed by atoms with Gasteiger partial charge >= 0.3 is 5.97 Å². The van der Waals surface area contributed by atoms with Crippen molar-refractivity contribution in [3.8, 4) is 0 Å². The number of halogens is 2. The summed E-state index contributed by atoms with van der Waals surface area (Å²) in [5.74, 6) is -5.31. The van der Waals surface area contributed by atoms with Gasteiger partial charge in [-0.25, -0.2) is 8.78 Å². The maximum atomic E-state index is 13.0. The monoisotopic (exact) mass is 179 g/mol. The smallest absolute Gasteiger partial charge is 0.309 e. The zero-order valence-electron chi connectivity index (χ0n) is 6.52. The third-order valence-electron chi connectivity index (χ3n) is 2.04. The van der Waals surface area contributed by atoms with Gasteiger partial charge in [0.25, 0.3) is 5.92 Å². The van der Waals surface area contributed by atoms with Crippen LogP contribution in [0.1, 0.15) is 12.8 Å². The third-order valence-corrected chi connectivity index (χ3v) is 2.04. The molecule has 1 rings (SSSR count). The van der Waals surface area contributed by atoms with Crippen LogP contribution >= 0.6 is 0 Å². The minimum Gasteiger partial charge on any atom is -0.481 e. The van der Waals surface area contributed by atoms with Crippen molar-refractivity contribution in [2.45, 2.75) is 18.8 Å². The number of rotatable bonds is 3. The van der Waals surface area contributed by atoms with Gasteiger partial charge in [-0.3, -0.25) is 4.79 Å². The zero-order chi connectivity index (χ0) is 9.19. The van der Waals surface area contributed by atoms with E-state index in [9.17, 15) is 13.6 Å². The molecule has 1 fully saturated rings. The minimum absolute atomic E-state index is 0.222. The molecule has 1 atom stereocenters. The molecule has 1 saturated heterocycles. The van der Waals surface area contributed by atoms with Gasteiger partial charge in [-0.2, -0.15) is 0 Å². The van der Waals surface area contributed by atoms with E-state index in [1.54, 1.807) is 0 Å². The molecule has 70 valence electrons. The fraction of sp³-hybridized carbons (Fsp3) is 0.857. The Hall–Kier alpha value is -0.710. The first-order valence-electron chi connectivity index (χ1n) is 3.83. The van der Waals surface area contributed by atoms with Crippen molar-refractivity contribution in [2.75, 3.05) is 13.1 Å². The van der Waals surface area contributed by atoms with Gasteiger partial charge in [-0.15, -0.1) is 0 Å². The zero-order valence-corrected chi connectivity index (χ0v) is 6.52. The Morgan fingerprint density at radius 3 is 2.75 bits per heavy atom. The lowest BCUT2D eigenvalue weighted by Gasteiger charge is -2.20. The first kappa shape index (κ1) is 9.38. The summed E-state index contributed by atoms with van der Waals surface area (Å²) < 4.78 is 25.9. The minimum atomic E-state index is -3.06. The topological polar surface area (TPSA) is 49.3 Å². The van der Waals surface area contributed by atoms with Crippen molar-refractivity contribution in [1.29, 1.82) is 0 Å². The van der Waals surface area contributed by atoms with Gasteiger partial charge in [-0.05, 0) is 13.0 Å². The Bertz CT molecular complexity index is 178. The second-order valence-electron chi connectivity index (χ2n) is 3.02. The highest BCUT2D eigenvalue weighted by molar-refractivity contribution is 5.67. The van der Waals surface area contributed by atoms with E-state index in [4.69, 9.17) is 5.11 Å². The number of aliphatic carboxylic acids is 1. The molecule has 3 nitrogen and oxygen atoms in total. The van der Waals surface area contributed by atoms with E-state index >= 15 is 0 Å². The summed E-state index contributed by atoms with van der Waals surface area (Å²) in [5, 5.41) is 11.0. The van der Waals surface area contributed by atoms with Gasteiger partial charge in [0.15, 0.2) is 0 Å². The molecule has 0 saturated carbocycles. The van der Waals surface area contributed by atoms with E-state index < -0.39 is 24.2 Å². The van der Waals surface area contributed by atoms with Gasteiger partial charge in [0.1, 0.15) is 6.42 Å². The molecule has 0 spiro atoms. The van der Waals surface area contributed by atoms with Crippen molar-refractivity contribution in [2.24, 2.45) is 5.92 Å². The number of hydrogen-bond acceptors (Lipinski definition) is 2. The largest absolute Gasteiger partial charge is 0.481 e. The van der Waals surface area contributed by atoms with Crippen LogP contribution in [0.15, 0.2) is 0 Å². The summed E-state index contributed by atoms with van der Waals surface area (Å²) in [6.45, 7) is 0.778. The summed E-state index contributed by atoms with van der Waals surface area (Å²) in [6.07, 6.45) is -0.695. The molecule has 5 heteroatoms. The molecule has 1 aliphatic heterocycles. The summed E-state index contributed by atoms with van der Waals surface area (Å²) >= 11 is 0. The van der Waals surface area contributed by atoms with E-state index in [0.717, 1.165) is 0 Å². The van der Waals surface area contributed by atoms with Gasteiger partial charge in [0.05, 0.1) is 0 Å². The van der Waals surface area contributed by atoms with Gasteiger partial charge < -0.3 is 10.4 Å². The lowest BCUT2D eigenvalue weighted by atomic mass is 9.98. The average molecular weight is 179 g/mol. The number of carboxylic acids is 1. The van der Waals surface area contributed by atoms with Crippen LogP contribution in [0, 0.1) is 5.92 Å². The predicted octanol–water partition coefficient (Wildman–Crippen LogP) is 0.706. The summed E-state index contributed by atoms with van der Waals surface area (Å²) in [7, 11) is 0. The molecular formula is C7H11F2NO2. The van der Waals surface area contributed by atoms with Crippen LogP contribution in [0.25, 0.3) is 0 Å². The third kappa shape index (κ3) is 2.14. The highest BCUT2D eigenvalue weighted by Gasteiger charge is 2.42. The molecule has 0 aliphatic carbocycles. The van der Waals surface area contributed by atoms with Gasteiger partial charge in [0.2, 0.25) is 0 Å². The first-order valence-corrected chi connectivity index (χ1v) is 3.83. The van der Waals surface area contributed by atoms with Crippen LogP contribution in [0.4, 0.5) is 8.78 Å². The number of nitrogens with one attached hydrogen (secondary N) is 1. The fourth-order valence-corrected chi connectivity index (χ4v) is 1.36. The molecule has 0 bridgehead atoms. The second-order valence-corrected chi connectivity index (χ2v) is 3.02. The Morgan fingerprint density at radius 1 is 1.67 bits per heavy atom. The predicted molar refractivity (Wildman–Crippen MR) is 38.2 cm³/mol. The number of hydrogen-bond donors (Lipinski definition) is 2. The van der Waals surface area contributed by atoms with Crippen LogP contribution in [-0.2, 0) is 4.79 Å². The Morgan fingerprint density at radius 2 is 2.33 bits per heavy atom. The Kier molecular flexibility index (Phi) is 2.62. The summed E-state index contributed by atoms with van der Waals surface area (Å²) in [6, 6.07) is 0. The molecule has 1 unspecified atom stereocenters. The molecule has 0 aromatic carbocycles. The Labute approximate surface area is 68.8 Å². The van der Waals surface area contributed by atoms with Crippen molar-refractivity contribution in [3.05, 3.63) is 0 Å². The van der Waals surface area contributed by atoms with Crippen LogP contribution in [0.5, 0.6) is 0 Å². The van der Waals surface area contributed by atoms with Crippen LogP contribution in [-0.4, -0.2) is 30.1 Å². The molecule has 12 heavy (non-hydrogen) atoms. The molecule has 0 amide bonds. The van der Waals surface area contributed by atoms with Crippen molar-refractivity contribution < 1.29 is 18.7 Å². The number of carboxylic acid groups (broad SMARTS) is 1. The summed E-state index contributed by atoms with van der Waals surface area (Å²) in [4.78, 5) is 10.1. The van der Waals surface area contributed by atoms with Crippen LogP contribution in [0.3, 0.4) is 0 Å². The van der Waals surface area contributed by atoms with Gasteiger partial charge in [-0.1, -0.05) is 0 Å². The van der Waals surface area contributed by atoms with E-state index in [0.29, 0.717) is 13.0 Å². The molecule has 0 radical (unpaired) electrons. The van der Waals surface area contributed by atoms with Crippen LogP contribution < -0.4 is 5.32 Å².